The van der Waals surface area contributed by atoms with E-state index in [4.69, 9.17) is 14.0 Å². The molecule has 1 unspecified atom stereocenters. The normalized spacial score (nSPS) is 16.4. The summed E-state index contributed by atoms with van der Waals surface area (Å²) in [5.74, 6) is 3.58. The molecule has 0 amide bonds. The van der Waals surface area contributed by atoms with Crippen LogP contribution in [-0.2, 0) is 23.5 Å². The summed E-state index contributed by atoms with van der Waals surface area (Å²) in [6.07, 6.45) is 4.11. The highest BCUT2D eigenvalue weighted by atomic mass is 32.2. The van der Waals surface area contributed by atoms with Crippen molar-refractivity contribution in [2.45, 2.75) is 56.2 Å². The Morgan fingerprint density at radius 3 is 2.83 bits per heavy atom. The van der Waals surface area contributed by atoms with Gasteiger partial charge < -0.3 is 14.0 Å². The highest BCUT2D eigenvalue weighted by molar-refractivity contribution is 7.98. The van der Waals surface area contributed by atoms with Gasteiger partial charge in [-0.1, -0.05) is 23.8 Å². The maximum atomic E-state index is 5.86. The maximum Gasteiger partial charge on any atom is 0.226 e. The Kier molecular flexibility index (Phi) is 6.46. The van der Waals surface area contributed by atoms with Gasteiger partial charge in [0.05, 0.1) is 25.5 Å². The van der Waals surface area contributed by atoms with E-state index in [0.717, 1.165) is 61.1 Å². The van der Waals surface area contributed by atoms with Gasteiger partial charge in [0.15, 0.2) is 16.8 Å². The molecule has 0 N–H and O–H groups in total. The van der Waals surface area contributed by atoms with E-state index in [2.05, 4.69) is 31.8 Å². The van der Waals surface area contributed by atoms with E-state index in [0.29, 0.717) is 17.5 Å². The molecule has 154 valence electrons. The molecule has 8 nitrogen and oxygen atoms in total. The highest BCUT2D eigenvalue weighted by Gasteiger charge is 2.22. The Morgan fingerprint density at radius 2 is 2.10 bits per heavy atom. The first-order valence-electron chi connectivity index (χ1n) is 9.90. The molecule has 9 heteroatoms. The lowest BCUT2D eigenvalue weighted by Gasteiger charge is -2.14. The van der Waals surface area contributed by atoms with Crippen LogP contribution in [0.15, 0.2) is 33.9 Å². The van der Waals surface area contributed by atoms with Gasteiger partial charge in [0.1, 0.15) is 5.75 Å². The van der Waals surface area contributed by atoms with E-state index < -0.39 is 0 Å². The number of rotatable bonds is 9. The first-order chi connectivity index (χ1) is 14.3. The van der Waals surface area contributed by atoms with Gasteiger partial charge in [0.25, 0.3) is 0 Å². The van der Waals surface area contributed by atoms with Crippen molar-refractivity contribution in [2.24, 2.45) is 0 Å². The molecule has 0 saturated carbocycles. The van der Waals surface area contributed by atoms with Crippen LogP contribution < -0.4 is 4.74 Å². The minimum Gasteiger partial charge on any atom is -0.497 e. The molecule has 0 spiro atoms. The van der Waals surface area contributed by atoms with Crippen molar-refractivity contribution in [3.8, 4) is 17.1 Å². The smallest absolute Gasteiger partial charge is 0.226 e. The summed E-state index contributed by atoms with van der Waals surface area (Å²) < 4.78 is 18.5. The molecule has 1 fully saturated rings. The quantitative estimate of drug-likeness (QED) is 0.488. The molecule has 1 aromatic carbocycles. The lowest BCUT2D eigenvalue weighted by atomic mass is 10.2. The number of ether oxygens (including phenoxy) is 2. The van der Waals surface area contributed by atoms with Crippen molar-refractivity contribution in [2.75, 3.05) is 13.7 Å². The van der Waals surface area contributed by atoms with Crippen molar-refractivity contribution in [3.05, 3.63) is 36.0 Å². The third-order valence-corrected chi connectivity index (χ3v) is 5.74. The first-order valence-corrected chi connectivity index (χ1v) is 10.9. The van der Waals surface area contributed by atoms with Crippen LogP contribution in [0.3, 0.4) is 0 Å². The monoisotopic (exact) mass is 415 g/mol. The van der Waals surface area contributed by atoms with Gasteiger partial charge in [-0.25, -0.2) is 0 Å². The molecule has 0 aliphatic carbocycles. The molecular weight excluding hydrogens is 390 g/mol. The number of nitrogens with zero attached hydrogens (tertiary/aromatic N) is 5. The Bertz CT molecular complexity index is 919. The van der Waals surface area contributed by atoms with Crippen LogP contribution in [0.5, 0.6) is 5.75 Å². The minimum absolute atomic E-state index is 0.184. The van der Waals surface area contributed by atoms with Crippen LogP contribution in [0.25, 0.3) is 11.4 Å². The topological polar surface area (TPSA) is 88.1 Å². The third-order valence-electron chi connectivity index (χ3n) is 4.78. The standard InChI is InChI=1S/C20H25N5O3S/c1-3-5-18-21-17(24-28-18)13-29-20-23-22-19(14-7-9-15(26-2)10-8-14)25(20)12-16-6-4-11-27-16/h7-10,16H,3-6,11-13H2,1-2H3. The molecule has 2 aromatic heterocycles. The summed E-state index contributed by atoms with van der Waals surface area (Å²) in [5.41, 5.74) is 0.993. The van der Waals surface area contributed by atoms with Crippen molar-refractivity contribution >= 4 is 11.8 Å². The first kappa shape index (κ1) is 19.9. The van der Waals surface area contributed by atoms with E-state index in [1.807, 2.05) is 24.3 Å². The Labute approximate surface area is 174 Å². The summed E-state index contributed by atoms with van der Waals surface area (Å²) in [4.78, 5) is 4.44. The zero-order chi connectivity index (χ0) is 20.1. The van der Waals surface area contributed by atoms with Crippen LogP contribution in [0.4, 0.5) is 0 Å². The number of benzene rings is 1. The molecule has 1 saturated heterocycles. The van der Waals surface area contributed by atoms with E-state index in [1.54, 1.807) is 18.9 Å². The number of aromatic nitrogens is 5. The van der Waals surface area contributed by atoms with E-state index in [9.17, 15) is 0 Å². The van der Waals surface area contributed by atoms with Crippen molar-refractivity contribution in [1.82, 2.24) is 24.9 Å². The summed E-state index contributed by atoms with van der Waals surface area (Å²) in [6, 6.07) is 7.86. The van der Waals surface area contributed by atoms with E-state index >= 15 is 0 Å². The predicted octanol–water partition coefficient (Wildman–Crippen LogP) is 3.76. The van der Waals surface area contributed by atoms with E-state index in [-0.39, 0.29) is 6.10 Å². The predicted molar refractivity (Wildman–Crippen MR) is 109 cm³/mol. The lowest BCUT2D eigenvalue weighted by Crippen LogP contribution is -2.16. The van der Waals surface area contributed by atoms with Gasteiger partial charge in [0, 0.05) is 18.6 Å². The Balaban J connectivity index is 1.55. The van der Waals surface area contributed by atoms with Crippen molar-refractivity contribution in [1.29, 1.82) is 0 Å². The second-order valence-electron chi connectivity index (χ2n) is 6.92. The number of methoxy groups -OCH3 is 1. The summed E-state index contributed by atoms with van der Waals surface area (Å²) in [6.45, 7) is 3.63. The van der Waals surface area contributed by atoms with Gasteiger partial charge in [0.2, 0.25) is 5.89 Å². The molecule has 1 aliphatic heterocycles. The zero-order valence-electron chi connectivity index (χ0n) is 16.7. The highest BCUT2D eigenvalue weighted by Crippen LogP contribution is 2.29. The van der Waals surface area contributed by atoms with Crippen LogP contribution in [-0.4, -0.2) is 44.7 Å². The molecule has 1 aliphatic rings. The number of hydrogen-bond acceptors (Lipinski definition) is 8. The van der Waals surface area contributed by atoms with Crippen LogP contribution in [0.2, 0.25) is 0 Å². The third kappa shape index (κ3) is 4.79. The van der Waals surface area contributed by atoms with Crippen LogP contribution in [0, 0.1) is 0 Å². The average Bonchev–Trinajstić information content (AvgIpc) is 3.49. The summed E-state index contributed by atoms with van der Waals surface area (Å²) in [7, 11) is 1.66. The van der Waals surface area contributed by atoms with Gasteiger partial charge in [-0.3, -0.25) is 4.57 Å². The summed E-state index contributed by atoms with van der Waals surface area (Å²) in [5, 5.41) is 13.8. The number of aryl methyl sites for hydroxylation is 1. The molecule has 0 bridgehead atoms. The molecule has 0 radical (unpaired) electrons. The van der Waals surface area contributed by atoms with Crippen LogP contribution >= 0.6 is 11.8 Å². The van der Waals surface area contributed by atoms with Gasteiger partial charge >= 0.3 is 0 Å². The second kappa shape index (κ2) is 9.41. The Hall–Kier alpha value is -2.39. The maximum absolute atomic E-state index is 5.86. The fourth-order valence-electron chi connectivity index (χ4n) is 3.30. The minimum atomic E-state index is 0.184. The SMILES string of the molecule is CCCc1nc(CSc2nnc(-c3ccc(OC)cc3)n2CC2CCCO2)no1. The molecule has 4 rings (SSSR count). The van der Waals surface area contributed by atoms with Gasteiger partial charge in [-0.15, -0.1) is 10.2 Å². The fourth-order valence-corrected chi connectivity index (χ4v) is 4.09. The second-order valence-corrected chi connectivity index (χ2v) is 7.87. The molecular formula is C20H25N5O3S. The average molecular weight is 416 g/mol. The summed E-state index contributed by atoms with van der Waals surface area (Å²) >= 11 is 1.56. The largest absolute Gasteiger partial charge is 0.497 e. The van der Waals surface area contributed by atoms with Crippen molar-refractivity contribution in [3.63, 3.8) is 0 Å². The molecule has 3 heterocycles. The lowest BCUT2D eigenvalue weighted by molar-refractivity contribution is 0.0953. The molecule has 1 atom stereocenters. The zero-order valence-corrected chi connectivity index (χ0v) is 17.5. The Morgan fingerprint density at radius 1 is 1.24 bits per heavy atom. The molecule has 3 aromatic rings. The van der Waals surface area contributed by atoms with E-state index in [1.165, 1.54) is 0 Å². The fraction of sp³-hybridized carbons (Fsp3) is 0.500. The van der Waals surface area contributed by atoms with Crippen molar-refractivity contribution < 1.29 is 14.0 Å². The number of thioether (sulfide) groups is 1. The number of hydrogen-bond donors (Lipinski definition) is 0. The van der Waals surface area contributed by atoms with Gasteiger partial charge in [-0.2, -0.15) is 4.98 Å². The van der Waals surface area contributed by atoms with Gasteiger partial charge in [-0.05, 0) is 43.5 Å². The molecule has 29 heavy (non-hydrogen) atoms. The van der Waals surface area contributed by atoms with Crippen LogP contribution in [0.1, 0.15) is 37.9 Å².